The van der Waals surface area contributed by atoms with E-state index in [1.54, 1.807) is 37.3 Å². The van der Waals surface area contributed by atoms with E-state index < -0.39 is 0 Å². The van der Waals surface area contributed by atoms with E-state index in [1.165, 1.54) is 0 Å². The number of carbonyl (C=O) groups excluding carboxylic acids is 2. The van der Waals surface area contributed by atoms with Crippen LogP contribution in [0.3, 0.4) is 0 Å². The van der Waals surface area contributed by atoms with Crippen molar-refractivity contribution in [1.82, 2.24) is 10.2 Å². The zero-order chi connectivity index (χ0) is 21.7. The Kier molecular flexibility index (Phi) is 6.98. The van der Waals surface area contributed by atoms with Crippen molar-refractivity contribution >= 4 is 11.8 Å². The van der Waals surface area contributed by atoms with Gasteiger partial charge in [0.2, 0.25) is 5.91 Å². The second-order valence-electron chi connectivity index (χ2n) is 8.07. The quantitative estimate of drug-likeness (QED) is 0.760. The predicted octanol–water partition coefficient (Wildman–Crippen LogP) is 3.33. The Bertz CT molecular complexity index is 879. The van der Waals surface area contributed by atoms with Gasteiger partial charge in [-0.2, -0.15) is 0 Å². The van der Waals surface area contributed by atoms with E-state index >= 15 is 0 Å². The topological polar surface area (TPSA) is 67.9 Å². The molecule has 1 saturated heterocycles. The number of amides is 2. The molecular weight excluding hydrogens is 380 g/mol. The van der Waals surface area contributed by atoms with Crippen LogP contribution in [0.2, 0.25) is 0 Å². The largest absolute Gasteiger partial charge is 0.497 e. The number of nitrogens with zero attached hydrogens (tertiary/aromatic N) is 1. The van der Waals surface area contributed by atoms with Gasteiger partial charge >= 0.3 is 0 Å². The van der Waals surface area contributed by atoms with Crippen LogP contribution in [0.1, 0.15) is 35.7 Å². The molecule has 30 heavy (non-hydrogen) atoms. The number of carbonyl (C=O) groups is 2. The van der Waals surface area contributed by atoms with Crippen molar-refractivity contribution in [1.29, 1.82) is 0 Å². The summed E-state index contributed by atoms with van der Waals surface area (Å²) in [5.74, 6) is 1.30. The lowest BCUT2D eigenvalue weighted by molar-refractivity contribution is -0.125. The molecule has 0 saturated carbocycles. The number of hydrogen-bond donors (Lipinski definition) is 1. The third kappa shape index (κ3) is 4.93. The van der Waals surface area contributed by atoms with Gasteiger partial charge in [-0.05, 0) is 41.8 Å². The summed E-state index contributed by atoms with van der Waals surface area (Å²) < 4.78 is 10.5. The summed E-state index contributed by atoms with van der Waals surface area (Å²) >= 11 is 0. The molecule has 1 aliphatic heterocycles. The Morgan fingerprint density at radius 3 is 2.37 bits per heavy atom. The Balaban J connectivity index is 1.84. The normalized spacial score (nSPS) is 18.4. The molecule has 1 aliphatic rings. The molecule has 2 aromatic rings. The number of hydrogen-bond acceptors (Lipinski definition) is 4. The number of methoxy groups -OCH3 is 2. The van der Waals surface area contributed by atoms with E-state index in [0.717, 1.165) is 11.3 Å². The van der Waals surface area contributed by atoms with E-state index in [1.807, 2.05) is 30.3 Å². The Hall–Kier alpha value is -3.02. The van der Waals surface area contributed by atoms with Crippen LogP contribution < -0.4 is 14.8 Å². The zero-order valence-corrected chi connectivity index (χ0v) is 18.1. The summed E-state index contributed by atoms with van der Waals surface area (Å²) in [6, 6.07) is 14.9. The minimum Gasteiger partial charge on any atom is -0.497 e. The van der Waals surface area contributed by atoms with Crippen LogP contribution in [0.5, 0.6) is 11.5 Å². The van der Waals surface area contributed by atoms with Gasteiger partial charge in [0.05, 0.1) is 20.1 Å². The first kappa shape index (κ1) is 21.7. The molecule has 0 unspecified atom stereocenters. The van der Waals surface area contributed by atoms with E-state index in [2.05, 4.69) is 19.2 Å². The van der Waals surface area contributed by atoms with Crippen LogP contribution in [-0.4, -0.2) is 50.6 Å². The predicted molar refractivity (Wildman–Crippen MR) is 116 cm³/mol. The number of nitrogens with one attached hydrogen (secondary N) is 1. The van der Waals surface area contributed by atoms with Gasteiger partial charge in [-0.1, -0.05) is 32.0 Å². The standard InChI is InChI=1S/C24H30N2O4/c1-16(2)13-25-23(27)22-15-26(24(28)18-6-5-7-20(12-18)30-4)14-21(22)17-8-10-19(29-3)11-9-17/h5-12,16,21-22H,13-15H2,1-4H3,(H,25,27)/t21-,22+/m1/s1. The molecule has 1 heterocycles. The fourth-order valence-corrected chi connectivity index (χ4v) is 3.80. The minimum absolute atomic E-state index is 0.00883. The molecule has 6 nitrogen and oxygen atoms in total. The molecule has 0 spiro atoms. The molecule has 1 N–H and O–H groups in total. The first-order valence-corrected chi connectivity index (χ1v) is 10.3. The highest BCUT2D eigenvalue weighted by Gasteiger charge is 2.40. The lowest BCUT2D eigenvalue weighted by atomic mass is 9.88. The van der Waals surface area contributed by atoms with Crippen LogP contribution in [0.4, 0.5) is 0 Å². The molecule has 2 aromatic carbocycles. The molecule has 6 heteroatoms. The lowest BCUT2D eigenvalue weighted by Crippen LogP contribution is -2.37. The van der Waals surface area contributed by atoms with Crippen molar-refractivity contribution in [2.24, 2.45) is 11.8 Å². The monoisotopic (exact) mass is 410 g/mol. The van der Waals surface area contributed by atoms with Crippen LogP contribution in [-0.2, 0) is 4.79 Å². The Labute approximate surface area is 178 Å². The number of likely N-dealkylation sites (tertiary alicyclic amines) is 1. The van der Waals surface area contributed by atoms with E-state index in [4.69, 9.17) is 9.47 Å². The third-order valence-electron chi connectivity index (χ3n) is 5.49. The maximum Gasteiger partial charge on any atom is 0.254 e. The highest BCUT2D eigenvalue weighted by atomic mass is 16.5. The summed E-state index contributed by atoms with van der Waals surface area (Å²) in [7, 11) is 3.20. The van der Waals surface area contributed by atoms with E-state index in [9.17, 15) is 9.59 Å². The fourth-order valence-electron chi connectivity index (χ4n) is 3.80. The highest BCUT2D eigenvalue weighted by molar-refractivity contribution is 5.95. The molecular formula is C24H30N2O4. The summed E-state index contributed by atoms with van der Waals surface area (Å²) in [6.45, 7) is 5.62. The maximum absolute atomic E-state index is 13.1. The van der Waals surface area contributed by atoms with Crippen molar-refractivity contribution in [3.63, 3.8) is 0 Å². The smallest absolute Gasteiger partial charge is 0.254 e. The van der Waals surface area contributed by atoms with Crippen molar-refractivity contribution in [2.45, 2.75) is 19.8 Å². The Morgan fingerprint density at radius 1 is 1.03 bits per heavy atom. The van der Waals surface area contributed by atoms with Gasteiger partial charge in [-0.3, -0.25) is 9.59 Å². The van der Waals surface area contributed by atoms with Crippen molar-refractivity contribution in [3.8, 4) is 11.5 Å². The summed E-state index contributed by atoms with van der Waals surface area (Å²) in [5, 5.41) is 3.04. The van der Waals surface area contributed by atoms with Gasteiger partial charge in [0.25, 0.3) is 5.91 Å². The highest BCUT2D eigenvalue weighted by Crippen LogP contribution is 2.34. The van der Waals surface area contributed by atoms with Gasteiger partial charge in [0.15, 0.2) is 0 Å². The number of rotatable bonds is 7. The van der Waals surface area contributed by atoms with Gasteiger partial charge < -0.3 is 19.7 Å². The number of ether oxygens (including phenoxy) is 2. The zero-order valence-electron chi connectivity index (χ0n) is 18.1. The average molecular weight is 411 g/mol. The van der Waals surface area contributed by atoms with Crippen molar-refractivity contribution < 1.29 is 19.1 Å². The van der Waals surface area contributed by atoms with Gasteiger partial charge in [-0.25, -0.2) is 0 Å². The van der Waals surface area contributed by atoms with Crippen molar-refractivity contribution in [2.75, 3.05) is 33.9 Å². The molecule has 0 aliphatic carbocycles. The molecule has 3 rings (SSSR count). The second kappa shape index (κ2) is 9.65. The Morgan fingerprint density at radius 2 is 1.73 bits per heavy atom. The summed E-state index contributed by atoms with van der Waals surface area (Å²) in [6.07, 6.45) is 0. The SMILES string of the molecule is COc1ccc([C@H]2CN(C(=O)c3cccc(OC)c3)C[C@@H]2C(=O)NCC(C)C)cc1. The lowest BCUT2D eigenvalue weighted by Gasteiger charge is -2.19. The molecule has 0 bridgehead atoms. The molecule has 2 amide bonds. The van der Waals surface area contributed by atoms with E-state index in [-0.39, 0.29) is 23.7 Å². The van der Waals surface area contributed by atoms with E-state index in [0.29, 0.717) is 36.9 Å². The van der Waals surface area contributed by atoms with Crippen LogP contribution in [0.25, 0.3) is 0 Å². The number of benzene rings is 2. The van der Waals surface area contributed by atoms with Crippen LogP contribution >= 0.6 is 0 Å². The molecule has 0 aromatic heterocycles. The fraction of sp³-hybridized carbons (Fsp3) is 0.417. The average Bonchev–Trinajstić information content (AvgIpc) is 3.22. The van der Waals surface area contributed by atoms with Crippen molar-refractivity contribution in [3.05, 3.63) is 59.7 Å². The molecule has 0 radical (unpaired) electrons. The third-order valence-corrected chi connectivity index (χ3v) is 5.49. The van der Waals surface area contributed by atoms with Gasteiger partial charge in [0.1, 0.15) is 11.5 Å². The summed E-state index contributed by atoms with van der Waals surface area (Å²) in [4.78, 5) is 27.9. The first-order valence-electron chi connectivity index (χ1n) is 10.3. The van der Waals surface area contributed by atoms with Crippen LogP contribution in [0.15, 0.2) is 48.5 Å². The first-order chi connectivity index (χ1) is 14.4. The minimum atomic E-state index is -0.299. The second-order valence-corrected chi connectivity index (χ2v) is 8.07. The van der Waals surface area contributed by atoms with Gasteiger partial charge in [0, 0.05) is 31.1 Å². The summed E-state index contributed by atoms with van der Waals surface area (Å²) in [5.41, 5.74) is 1.59. The van der Waals surface area contributed by atoms with Crippen LogP contribution in [0, 0.1) is 11.8 Å². The maximum atomic E-state index is 13.1. The molecule has 1 fully saturated rings. The molecule has 160 valence electrons. The van der Waals surface area contributed by atoms with Gasteiger partial charge in [-0.15, -0.1) is 0 Å². The molecule has 2 atom stereocenters.